The second kappa shape index (κ2) is 7.03. The molecule has 1 aromatic rings. The number of benzene rings is 1. The van der Waals surface area contributed by atoms with Crippen molar-refractivity contribution in [2.24, 2.45) is 0 Å². The predicted molar refractivity (Wildman–Crippen MR) is 81.2 cm³/mol. The Labute approximate surface area is 126 Å². The standard InChI is InChI=1S/C15H21N3O2S/c1-2-10-18(14-6-8-17-9-7-14)21(19,20)15-5-3-4-13(11-15)12-16/h3-5,11,14,17H,2,6-10H2,1H3. The molecule has 0 atom stereocenters. The summed E-state index contributed by atoms with van der Waals surface area (Å²) >= 11 is 0. The zero-order valence-corrected chi connectivity index (χ0v) is 13.1. The number of nitriles is 1. The second-order valence-corrected chi connectivity index (χ2v) is 7.13. The van der Waals surface area contributed by atoms with Crippen molar-refractivity contribution in [1.82, 2.24) is 9.62 Å². The van der Waals surface area contributed by atoms with Crippen molar-refractivity contribution in [3.8, 4) is 6.07 Å². The molecule has 1 N–H and O–H groups in total. The monoisotopic (exact) mass is 307 g/mol. The van der Waals surface area contributed by atoms with E-state index in [1.54, 1.807) is 22.5 Å². The highest BCUT2D eigenvalue weighted by Crippen LogP contribution is 2.23. The Hall–Kier alpha value is -1.42. The number of hydrogen-bond donors (Lipinski definition) is 1. The third-order valence-electron chi connectivity index (χ3n) is 3.73. The van der Waals surface area contributed by atoms with Gasteiger partial charge in [-0.3, -0.25) is 0 Å². The molecule has 21 heavy (non-hydrogen) atoms. The van der Waals surface area contributed by atoms with Crippen molar-refractivity contribution >= 4 is 10.0 Å². The van der Waals surface area contributed by atoms with E-state index >= 15 is 0 Å². The summed E-state index contributed by atoms with van der Waals surface area (Å²) < 4.78 is 27.4. The number of nitrogens with zero attached hydrogens (tertiary/aromatic N) is 2. The SMILES string of the molecule is CCCN(C1CCNCC1)S(=O)(=O)c1cccc(C#N)c1. The third kappa shape index (κ3) is 3.62. The minimum absolute atomic E-state index is 0.0435. The molecule has 0 aromatic heterocycles. The van der Waals surface area contributed by atoms with Gasteiger partial charge in [0, 0.05) is 12.6 Å². The molecule has 1 aliphatic heterocycles. The van der Waals surface area contributed by atoms with E-state index in [2.05, 4.69) is 5.32 Å². The first-order chi connectivity index (χ1) is 10.1. The highest BCUT2D eigenvalue weighted by atomic mass is 32.2. The molecule has 6 heteroatoms. The molecule has 1 saturated heterocycles. The molecule has 0 radical (unpaired) electrons. The van der Waals surface area contributed by atoms with Crippen LogP contribution in [0.2, 0.25) is 0 Å². The molecule has 0 saturated carbocycles. The summed E-state index contributed by atoms with van der Waals surface area (Å²) in [5.74, 6) is 0. The lowest BCUT2D eigenvalue weighted by atomic mass is 10.1. The van der Waals surface area contributed by atoms with Gasteiger partial charge in [0.25, 0.3) is 0 Å². The maximum atomic E-state index is 12.9. The number of rotatable bonds is 5. The second-order valence-electron chi connectivity index (χ2n) is 5.24. The van der Waals surface area contributed by atoms with Crippen molar-refractivity contribution in [3.05, 3.63) is 29.8 Å². The van der Waals surface area contributed by atoms with Gasteiger partial charge >= 0.3 is 0 Å². The summed E-state index contributed by atoms with van der Waals surface area (Å²) in [6.07, 6.45) is 2.44. The topological polar surface area (TPSA) is 73.2 Å². The fourth-order valence-corrected chi connectivity index (χ4v) is 4.50. The molecule has 2 rings (SSSR count). The van der Waals surface area contributed by atoms with Gasteiger partial charge in [-0.05, 0) is 50.6 Å². The summed E-state index contributed by atoms with van der Waals surface area (Å²) in [5.41, 5.74) is 0.373. The zero-order chi connectivity index (χ0) is 15.3. The molecule has 0 spiro atoms. The van der Waals surface area contributed by atoms with Gasteiger partial charge in [-0.15, -0.1) is 0 Å². The Bertz CT molecular complexity index is 616. The molecule has 0 aliphatic carbocycles. The van der Waals surface area contributed by atoms with Crippen LogP contribution in [0.25, 0.3) is 0 Å². The maximum absolute atomic E-state index is 12.9. The van der Waals surface area contributed by atoms with E-state index in [9.17, 15) is 8.42 Å². The van der Waals surface area contributed by atoms with Crippen molar-refractivity contribution in [2.75, 3.05) is 19.6 Å². The van der Waals surface area contributed by atoms with Crippen LogP contribution in [-0.2, 0) is 10.0 Å². The number of hydrogen-bond acceptors (Lipinski definition) is 4. The van der Waals surface area contributed by atoms with E-state index in [-0.39, 0.29) is 10.9 Å². The summed E-state index contributed by atoms with van der Waals surface area (Å²) in [6.45, 7) is 4.19. The maximum Gasteiger partial charge on any atom is 0.243 e. The molecular formula is C15H21N3O2S. The van der Waals surface area contributed by atoms with E-state index in [1.807, 2.05) is 13.0 Å². The van der Waals surface area contributed by atoms with Gasteiger partial charge in [0.1, 0.15) is 0 Å². The smallest absolute Gasteiger partial charge is 0.243 e. The molecule has 0 amide bonds. The Morgan fingerprint density at radius 3 is 2.71 bits per heavy atom. The molecule has 1 aromatic carbocycles. The highest BCUT2D eigenvalue weighted by Gasteiger charge is 2.31. The molecule has 1 heterocycles. The average molecular weight is 307 g/mol. The first-order valence-electron chi connectivity index (χ1n) is 7.32. The average Bonchev–Trinajstić information content (AvgIpc) is 2.53. The van der Waals surface area contributed by atoms with Crippen LogP contribution < -0.4 is 5.32 Å². The Morgan fingerprint density at radius 2 is 2.10 bits per heavy atom. The van der Waals surface area contributed by atoms with Crippen LogP contribution in [-0.4, -0.2) is 38.4 Å². The molecule has 0 unspecified atom stereocenters. The number of sulfonamides is 1. The predicted octanol–water partition coefficient (Wildman–Crippen LogP) is 1.71. The fraction of sp³-hybridized carbons (Fsp3) is 0.533. The summed E-state index contributed by atoms with van der Waals surface area (Å²) in [4.78, 5) is 0.216. The van der Waals surface area contributed by atoms with E-state index in [0.29, 0.717) is 12.1 Å². The van der Waals surface area contributed by atoms with Crippen LogP contribution >= 0.6 is 0 Å². The fourth-order valence-electron chi connectivity index (χ4n) is 2.68. The molecule has 0 bridgehead atoms. The lowest BCUT2D eigenvalue weighted by molar-refractivity contribution is 0.262. The van der Waals surface area contributed by atoms with Crippen LogP contribution in [0.1, 0.15) is 31.7 Å². The van der Waals surface area contributed by atoms with E-state index in [0.717, 1.165) is 32.4 Å². The molecule has 5 nitrogen and oxygen atoms in total. The first kappa shape index (κ1) is 16.0. The summed E-state index contributed by atoms with van der Waals surface area (Å²) in [6, 6.07) is 8.31. The normalized spacial score (nSPS) is 16.8. The lowest BCUT2D eigenvalue weighted by Gasteiger charge is -2.33. The number of nitrogens with one attached hydrogen (secondary N) is 1. The van der Waals surface area contributed by atoms with Gasteiger partial charge in [-0.2, -0.15) is 9.57 Å². The van der Waals surface area contributed by atoms with Crippen molar-refractivity contribution in [3.63, 3.8) is 0 Å². The highest BCUT2D eigenvalue weighted by molar-refractivity contribution is 7.89. The summed E-state index contributed by atoms with van der Waals surface area (Å²) in [5, 5.41) is 12.2. The largest absolute Gasteiger partial charge is 0.317 e. The van der Waals surface area contributed by atoms with E-state index in [1.165, 1.54) is 6.07 Å². The van der Waals surface area contributed by atoms with Crippen molar-refractivity contribution in [1.29, 1.82) is 5.26 Å². The first-order valence-corrected chi connectivity index (χ1v) is 8.76. The minimum atomic E-state index is -3.54. The van der Waals surface area contributed by atoms with Gasteiger partial charge in [-0.25, -0.2) is 8.42 Å². The molecule has 1 aliphatic rings. The van der Waals surface area contributed by atoms with Crippen LogP contribution in [0.3, 0.4) is 0 Å². The zero-order valence-electron chi connectivity index (χ0n) is 12.2. The molecule has 1 fully saturated rings. The van der Waals surface area contributed by atoms with Crippen LogP contribution in [0, 0.1) is 11.3 Å². The third-order valence-corrected chi connectivity index (χ3v) is 5.68. The van der Waals surface area contributed by atoms with Gasteiger partial charge in [0.05, 0.1) is 16.5 Å². The van der Waals surface area contributed by atoms with Crippen molar-refractivity contribution < 1.29 is 8.42 Å². The number of piperidine rings is 1. The van der Waals surface area contributed by atoms with Gasteiger partial charge in [-0.1, -0.05) is 13.0 Å². The Morgan fingerprint density at radius 1 is 1.38 bits per heavy atom. The lowest BCUT2D eigenvalue weighted by Crippen LogP contribution is -2.46. The van der Waals surface area contributed by atoms with Gasteiger partial charge in [0.15, 0.2) is 0 Å². The molecule has 114 valence electrons. The van der Waals surface area contributed by atoms with Crippen LogP contribution in [0.4, 0.5) is 0 Å². The van der Waals surface area contributed by atoms with Crippen molar-refractivity contribution in [2.45, 2.75) is 37.1 Å². The van der Waals surface area contributed by atoms with Gasteiger partial charge in [0.2, 0.25) is 10.0 Å². The quantitative estimate of drug-likeness (QED) is 0.899. The van der Waals surface area contributed by atoms with E-state index < -0.39 is 10.0 Å². The van der Waals surface area contributed by atoms with E-state index in [4.69, 9.17) is 5.26 Å². The Kier molecular flexibility index (Phi) is 5.34. The van der Waals surface area contributed by atoms with Crippen LogP contribution in [0.5, 0.6) is 0 Å². The molecular weight excluding hydrogens is 286 g/mol. The summed E-state index contributed by atoms with van der Waals surface area (Å²) in [7, 11) is -3.54. The van der Waals surface area contributed by atoms with Crippen LogP contribution in [0.15, 0.2) is 29.2 Å². The minimum Gasteiger partial charge on any atom is -0.317 e. The van der Waals surface area contributed by atoms with Gasteiger partial charge < -0.3 is 5.32 Å². The Balaban J connectivity index is 2.34.